The summed E-state index contributed by atoms with van der Waals surface area (Å²) in [5.74, 6) is 0.245. The monoisotopic (exact) mass is 455 g/mol. The van der Waals surface area contributed by atoms with Crippen LogP contribution in [0.4, 0.5) is 0 Å². The van der Waals surface area contributed by atoms with Gasteiger partial charge in [0.25, 0.3) is 0 Å². The summed E-state index contributed by atoms with van der Waals surface area (Å²) in [5.41, 5.74) is 3.30. The van der Waals surface area contributed by atoms with E-state index in [0.717, 1.165) is 62.3 Å². The third-order valence-electron chi connectivity index (χ3n) is 5.98. The maximum absolute atomic E-state index is 10.5. The quantitative estimate of drug-likeness (QED) is 0.345. The van der Waals surface area contributed by atoms with Crippen LogP contribution in [0.15, 0.2) is 48.5 Å². The first kappa shape index (κ1) is 25.7. The van der Waals surface area contributed by atoms with Gasteiger partial charge in [-0.3, -0.25) is 0 Å². The highest BCUT2D eigenvalue weighted by Crippen LogP contribution is 2.32. The number of unbranched alkanes of at least 4 members (excludes halogenated alkanes) is 4. The van der Waals surface area contributed by atoms with Crippen molar-refractivity contribution in [2.75, 3.05) is 26.3 Å². The van der Waals surface area contributed by atoms with Gasteiger partial charge in [-0.05, 0) is 61.9 Å². The Balaban J connectivity index is 1.15. The molecular weight excluding hydrogens is 414 g/mol. The summed E-state index contributed by atoms with van der Waals surface area (Å²) in [6, 6.07) is 16.5. The number of nitrogens with one attached hydrogen (secondary N) is 1. The molecule has 1 aliphatic rings. The molecule has 1 unspecified atom stereocenters. The second-order valence-electron chi connectivity index (χ2n) is 9.35. The van der Waals surface area contributed by atoms with E-state index in [9.17, 15) is 5.11 Å². The summed E-state index contributed by atoms with van der Waals surface area (Å²) in [6.45, 7) is 7.52. The standard InChI is InChI=1S/C28H41NO4/c1-28(2)32-22-25-20-24(15-16-27(25)33-28)26(30)21-29-17-9-3-4-10-18-31-19-11-8-14-23-12-6-5-7-13-23/h5-7,12-13,15-16,20,26,29-30H,3-4,8-11,14,17-19,21-22H2,1-2H3. The molecule has 1 atom stereocenters. The van der Waals surface area contributed by atoms with Crippen LogP contribution >= 0.6 is 0 Å². The molecule has 3 rings (SSSR count). The zero-order valence-electron chi connectivity index (χ0n) is 20.4. The van der Waals surface area contributed by atoms with Gasteiger partial charge in [0.2, 0.25) is 5.79 Å². The molecule has 0 amide bonds. The molecule has 5 nitrogen and oxygen atoms in total. The van der Waals surface area contributed by atoms with Gasteiger partial charge in [0.15, 0.2) is 0 Å². The van der Waals surface area contributed by atoms with Crippen LogP contribution in [0.25, 0.3) is 0 Å². The minimum Gasteiger partial charge on any atom is -0.463 e. The number of benzene rings is 2. The first-order valence-electron chi connectivity index (χ1n) is 12.5. The molecule has 2 aromatic carbocycles. The molecule has 2 N–H and O–H groups in total. The van der Waals surface area contributed by atoms with Gasteiger partial charge in [-0.2, -0.15) is 0 Å². The number of ether oxygens (including phenoxy) is 3. The molecule has 0 aromatic heterocycles. The molecule has 0 spiro atoms. The molecule has 0 fully saturated rings. The van der Waals surface area contributed by atoms with Gasteiger partial charge in [0.1, 0.15) is 5.75 Å². The fourth-order valence-electron chi connectivity index (χ4n) is 4.01. The predicted octanol–water partition coefficient (Wildman–Crippen LogP) is 5.55. The van der Waals surface area contributed by atoms with Gasteiger partial charge in [0.05, 0.1) is 12.7 Å². The summed E-state index contributed by atoms with van der Waals surface area (Å²) < 4.78 is 17.3. The number of fused-ring (bicyclic) bond motifs is 1. The van der Waals surface area contributed by atoms with E-state index in [1.54, 1.807) is 0 Å². The Labute approximate surface area is 199 Å². The van der Waals surface area contributed by atoms with E-state index < -0.39 is 11.9 Å². The molecule has 2 aromatic rings. The van der Waals surface area contributed by atoms with E-state index in [1.807, 2.05) is 32.0 Å². The fraction of sp³-hybridized carbons (Fsp3) is 0.571. The Morgan fingerprint density at radius 3 is 2.55 bits per heavy atom. The maximum atomic E-state index is 10.5. The molecule has 1 heterocycles. The van der Waals surface area contributed by atoms with Crippen LogP contribution in [0.3, 0.4) is 0 Å². The van der Waals surface area contributed by atoms with Gasteiger partial charge in [-0.15, -0.1) is 0 Å². The van der Waals surface area contributed by atoms with Crippen molar-refractivity contribution in [2.24, 2.45) is 0 Å². The molecule has 0 bridgehead atoms. The minimum absolute atomic E-state index is 0.508. The fourth-order valence-corrected chi connectivity index (χ4v) is 4.01. The molecule has 1 aliphatic heterocycles. The maximum Gasteiger partial charge on any atom is 0.205 e. The first-order valence-corrected chi connectivity index (χ1v) is 12.5. The highest BCUT2D eigenvalue weighted by Gasteiger charge is 2.27. The second kappa shape index (κ2) is 13.7. The molecule has 0 aliphatic carbocycles. The van der Waals surface area contributed by atoms with Crippen molar-refractivity contribution in [3.8, 4) is 5.75 Å². The lowest BCUT2D eigenvalue weighted by Crippen LogP contribution is -2.35. The third kappa shape index (κ3) is 9.46. The van der Waals surface area contributed by atoms with Crippen LogP contribution in [0.1, 0.15) is 75.2 Å². The minimum atomic E-state index is -0.594. The lowest BCUT2D eigenvalue weighted by Gasteiger charge is -2.33. The second-order valence-corrected chi connectivity index (χ2v) is 9.35. The van der Waals surface area contributed by atoms with Crippen LogP contribution in [-0.2, 0) is 22.5 Å². The lowest BCUT2D eigenvalue weighted by atomic mass is 10.0. The van der Waals surface area contributed by atoms with Gasteiger partial charge in [-0.25, -0.2) is 0 Å². The Kier molecular flexibility index (Phi) is 10.7. The topological polar surface area (TPSA) is 60.0 Å². The van der Waals surface area contributed by atoms with Gasteiger partial charge in [-0.1, -0.05) is 49.2 Å². The molecule has 182 valence electrons. The smallest absolute Gasteiger partial charge is 0.205 e. The van der Waals surface area contributed by atoms with E-state index >= 15 is 0 Å². The summed E-state index contributed by atoms with van der Waals surface area (Å²) in [4.78, 5) is 0. The van der Waals surface area contributed by atoms with Crippen LogP contribution < -0.4 is 10.1 Å². The number of hydrogen-bond donors (Lipinski definition) is 2. The number of aliphatic hydroxyl groups is 1. The number of rotatable bonds is 15. The van der Waals surface area contributed by atoms with Crippen molar-refractivity contribution in [3.05, 3.63) is 65.2 Å². The zero-order chi connectivity index (χ0) is 23.4. The number of aryl methyl sites for hydroxylation is 1. The van der Waals surface area contributed by atoms with Crippen LogP contribution in [-0.4, -0.2) is 37.2 Å². The largest absolute Gasteiger partial charge is 0.463 e. The molecule has 33 heavy (non-hydrogen) atoms. The lowest BCUT2D eigenvalue weighted by molar-refractivity contribution is -0.180. The predicted molar refractivity (Wildman–Crippen MR) is 132 cm³/mol. The third-order valence-corrected chi connectivity index (χ3v) is 5.98. The summed E-state index contributed by atoms with van der Waals surface area (Å²) in [7, 11) is 0. The Bertz CT molecular complexity index is 809. The van der Waals surface area contributed by atoms with Gasteiger partial charge >= 0.3 is 0 Å². The van der Waals surface area contributed by atoms with E-state index in [1.165, 1.54) is 24.8 Å². The number of hydrogen-bond acceptors (Lipinski definition) is 5. The SMILES string of the molecule is CC1(C)OCc2cc(C(O)CNCCCCCCOCCCCc3ccccc3)ccc2O1. The van der Waals surface area contributed by atoms with E-state index in [0.29, 0.717) is 13.2 Å². The molecule has 0 saturated heterocycles. The summed E-state index contributed by atoms with van der Waals surface area (Å²) in [5, 5.41) is 13.9. The average Bonchev–Trinajstić information content (AvgIpc) is 2.81. The Morgan fingerprint density at radius 1 is 0.970 bits per heavy atom. The van der Waals surface area contributed by atoms with Crippen molar-refractivity contribution in [2.45, 2.75) is 77.3 Å². The van der Waals surface area contributed by atoms with Gasteiger partial charge in [0, 0.05) is 39.2 Å². The van der Waals surface area contributed by atoms with Crippen LogP contribution in [0.5, 0.6) is 5.75 Å². The first-order chi connectivity index (χ1) is 16.0. The van der Waals surface area contributed by atoms with Crippen molar-refractivity contribution < 1.29 is 19.3 Å². The van der Waals surface area contributed by atoms with Gasteiger partial charge < -0.3 is 24.6 Å². The summed E-state index contributed by atoms with van der Waals surface area (Å²) >= 11 is 0. The van der Waals surface area contributed by atoms with Crippen molar-refractivity contribution >= 4 is 0 Å². The van der Waals surface area contributed by atoms with Crippen molar-refractivity contribution in [1.82, 2.24) is 5.32 Å². The Morgan fingerprint density at radius 2 is 1.73 bits per heavy atom. The molecular formula is C28H41NO4. The highest BCUT2D eigenvalue weighted by atomic mass is 16.7. The summed E-state index contributed by atoms with van der Waals surface area (Å²) in [6.07, 6.45) is 7.54. The molecule has 0 saturated carbocycles. The average molecular weight is 456 g/mol. The van der Waals surface area contributed by atoms with Crippen LogP contribution in [0, 0.1) is 0 Å². The normalized spacial score (nSPS) is 15.6. The van der Waals surface area contributed by atoms with Crippen molar-refractivity contribution in [1.29, 1.82) is 0 Å². The van der Waals surface area contributed by atoms with Crippen LogP contribution in [0.2, 0.25) is 0 Å². The Hall–Kier alpha value is -1.92. The zero-order valence-corrected chi connectivity index (χ0v) is 20.4. The van der Waals surface area contributed by atoms with Crippen molar-refractivity contribution in [3.63, 3.8) is 0 Å². The highest BCUT2D eigenvalue weighted by molar-refractivity contribution is 5.39. The van der Waals surface area contributed by atoms with E-state index in [-0.39, 0.29) is 0 Å². The number of aliphatic hydroxyl groups excluding tert-OH is 1. The van der Waals surface area contributed by atoms with E-state index in [2.05, 4.69) is 35.6 Å². The van der Waals surface area contributed by atoms with E-state index in [4.69, 9.17) is 14.2 Å². The molecule has 5 heteroatoms. The molecule has 0 radical (unpaired) electrons.